The number of carbonyl (C=O) groups is 2. The van der Waals surface area contributed by atoms with Crippen molar-refractivity contribution in [1.82, 2.24) is 4.90 Å². The predicted molar refractivity (Wildman–Crippen MR) is 83.0 cm³/mol. The first kappa shape index (κ1) is 17.7. The summed E-state index contributed by atoms with van der Waals surface area (Å²) in [7, 11) is 0. The Kier molecular flexibility index (Phi) is 8.00. The normalized spacial score (nSPS) is 10.2. The van der Waals surface area contributed by atoms with Gasteiger partial charge in [0.1, 0.15) is 0 Å². The number of nitrogens with zero attached hydrogens (tertiary/aromatic N) is 1. The summed E-state index contributed by atoms with van der Waals surface area (Å²) in [5.41, 5.74) is 0.541. The highest BCUT2D eigenvalue weighted by Gasteiger charge is 2.18. The third-order valence-electron chi connectivity index (χ3n) is 2.87. The highest BCUT2D eigenvalue weighted by Crippen LogP contribution is 2.18. The number of benzene rings is 1. The Bertz CT molecular complexity index is 478. The number of rotatable bonds is 8. The van der Waals surface area contributed by atoms with Crippen molar-refractivity contribution in [3.05, 3.63) is 34.3 Å². The van der Waals surface area contributed by atoms with E-state index >= 15 is 0 Å². The molecular formula is C15H20BrNO4. The van der Waals surface area contributed by atoms with Crippen molar-refractivity contribution in [3.8, 4) is 0 Å². The van der Waals surface area contributed by atoms with Crippen LogP contribution in [-0.2, 0) is 9.53 Å². The first-order valence-corrected chi connectivity index (χ1v) is 7.69. The number of aliphatic hydroxyl groups is 1. The van der Waals surface area contributed by atoms with Gasteiger partial charge in [-0.2, -0.15) is 0 Å². The van der Waals surface area contributed by atoms with E-state index < -0.39 is 0 Å². The minimum Gasteiger partial charge on any atom is -0.466 e. The van der Waals surface area contributed by atoms with E-state index in [4.69, 9.17) is 9.84 Å². The topological polar surface area (TPSA) is 66.8 Å². The highest BCUT2D eigenvalue weighted by atomic mass is 79.9. The Morgan fingerprint density at radius 1 is 1.29 bits per heavy atom. The maximum absolute atomic E-state index is 12.5. The van der Waals surface area contributed by atoms with Crippen LogP contribution >= 0.6 is 15.9 Å². The molecule has 0 aliphatic heterocycles. The molecule has 0 heterocycles. The lowest BCUT2D eigenvalue weighted by Gasteiger charge is -2.22. The van der Waals surface area contributed by atoms with Gasteiger partial charge in [0, 0.05) is 24.2 Å². The lowest BCUT2D eigenvalue weighted by Crippen LogP contribution is -2.34. The number of hydrogen-bond donors (Lipinski definition) is 1. The molecule has 0 aromatic heterocycles. The summed E-state index contributed by atoms with van der Waals surface area (Å²) in [6.45, 7) is 2.75. The van der Waals surface area contributed by atoms with E-state index in [1.807, 2.05) is 6.07 Å². The lowest BCUT2D eigenvalue weighted by molar-refractivity contribution is -0.143. The van der Waals surface area contributed by atoms with Gasteiger partial charge in [-0.3, -0.25) is 9.59 Å². The molecule has 1 amide bonds. The van der Waals surface area contributed by atoms with Crippen LogP contribution in [0.2, 0.25) is 0 Å². The van der Waals surface area contributed by atoms with Gasteiger partial charge in [-0.1, -0.05) is 12.1 Å². The van der Waals surface area contributed by atoms with E-state index in [1.165, 1.54) is 0 Å². The first-order valence-electron chi connectivity index (χ1n) is 6.90. The number of hydrogen-bond acceptors (Lipinski definition) is 4. The van der Waals surface area contributed by atoms with Crippen LogP contribution in [0.15, 0.2) is 28.7 Å². The number of carbonyl (C=O) groups excluding carboxylic acids is 2. The molecule has 1 aromatic rings. The number of esters is 1. The third-order valence-corrected chi connectivity index (χ3v) is 3.56. The molecule has 21 heavy (non-hydrogen) atoms. The van der Waals surface area contributed by atoms with E-state index in [-0.39, 0.29) is 31.4 Å². The van der Waals surface area contributed by atoms with Crippen molar-refractivity contribution in [1.29, 1.82) is 0 Å². The first-order chi connectivity index (χ1) is 10.1. The fourth-order valence-corrected chi connectivity index (χ4v) is 2.30. The molecule has 0 radical (unpaired) electrons. The zero-order chi connectivity index (χ0) is 15.7. The van der Waals surface area contributed by atoms with Gasteiger partial charge in [0.05, 0.1) is 18.6 Å². The van der Waals surface area contributed by atoms with Crippen LogP contribution in [0, 0.1) is 0 Å². The zero-order valence-corrected chi connectivity index (χ0v) is 13.6. The molecule has 0 bridgehead atoms. The summed E-state index contributed by atoms with van der Waals surface area (Å²) in [5.74, 6) is -0.494. The van der Waals surface area contributed by atoms with E-state index in [9.17, 15) is 9.59 Å². The maximum atomic E-state index is 12.5. The zero-order valence-electron chi connectivity index (χ0n) is 12.0. The minimum atomic E-state index is -0.327. The summed E-state index contributed by atoms with van der Waals surface area (Å²) >= 11 is 3.35. The molecule has 1 N–H and O–H groups in total. The predicted octanol–water partition coefficient (Wildman–Crippen LogP) is 2.23. The van der Waals surface area contributed by atoms with Crippen LogP contribution in [0.1, 0.15) is 30.1 Å². The molecule has 0 saturated heterocycles. The van der Waals surface area contributed by atoms with Crippen LogP contribution in [0.5, 0.6) is 0 Å². The van der Waals surface area contributed by atoms with Crippen molar-refractivity contribution in [2.45, 2.75) is 19.8 Å². The largest absolute Gasteiger partial charge is 0.466 e. The second kappa shape index (κ2) is 9.52. The summed E-state index contributed by atoms with van der Waals surface area (Å²) in [6, 6.07) is 7.14. The summed E-state index contributed by atoms with van der Waals surface area (Å²) < 4.78 is 5.58. The smallest absolute Gasteiger partial charge is 0.307 e. The fraction of sp³-hybridized carbons (Fsp3) is 0.467. The van der Waals surface area contributed by atoms with Gasteiger partial charge in [0.15, 0.2) is 0 Å². The number of halogens is 1. The maximum Gasteiger partial charge on any atom is 0.307 e. The van der Waals surface area contributed by atoms with E-state index in [0.717, 1.165) is 0 Å². The Balaban J connectivity index is 2.74. The van der Waals surface area contributed by atoms with Gasteiger partial charge < -0.3 is 14.7 Å². The molecule has 0 atom stereocenters. The van der Waals surface area contributed by atoms with Gasteiger partial charge in [-0.15, -0.1) is 0 Å². The molecule has 6 heteroatoms. The quantitative estimate of drug-likeness (QED) is 0.724. The van der Waals surface area contributed by atoms with Crippen molar-refractivity contribution < 1.29 is 19.4 Å². The van der Waals surface area contributed by atoms with Crippen LogP contribution < -0.4 is 0 Å². The van der Waals surface area contributed by atoms with E-state index in [0.29, 0.717) is 29.6 Å². The van der Waals surface area contributed by atoms with Gasteiger partial charge in [-0.25, -0.2) is 0 Å². The van der Waals surface area contributed by atoms with Crippen molar-refractivity contribution in [2.24, 2.45) is 0 Å². The number of ether oxygens (including phenoxy) is 1. The van der Waals surface area contributed by atoms with E-state index in [2.05, 4.69) is 15.9 Å². The average Bonchev–Trinajstić information content (AvgIpc) is 2.47. The number of aliphatic hydroxyl groups excluding tert-OH is 1. The molecule has 5 nitrogen and oxygen atoms in total. The van der Waals surface area contributed by atoms with E-state index in [1.54, 1.807) is 30.0 Å². The number of amides is 1. The molecule has 0 spiro atoms. The van der Waals surface area contributed by atoms with Crippen LogP contribution in [-0.4, -0.2) is 48.2 Å². The van der Waals surface area contributed by atoms with Gasteiger partial charge in [-0.05, 0) is 41.4 Å². The summed E-state index contributed by atoms with van der Waals surface area (Å²) in [5, 5.41) is 8.94. The third kappa shape index (κ3) is 5.85. The molecule has 0 unspecified atom stereocenters. The Morgan fingerprint density at radius 2 is 2.00 bits per heavy atom. The van der Waals surface area contributed by atoms with Crippen molar-refractivity contribution in [2.75, 3.05) is 26.3 Å². The van der Waals surface area contributed by atoms with Gasteiger partial charge in [0.25, 0.3) is 5.91 Å². The highest BCUT2D eigenvalue weighted by molar-refractivity contribution is 9.10. The molecule has 0 aliphatic rings. The SMILES string of the molecule is CCOC(=O)CCN(CCCO)C(=O)c1ccccc1Br. The molecule has 0 fully saturated rings. The average molecular weight is 358 g/mol. The van der Waals surface area contributed by atoms with Gasteiger partial charge >= 0.3 is 5.97 Å². The second-order valence-corrected chi connectivity index (χ2v) is 5.26. The van der Waals surface area contributed by atoms with Crippen LogP contribution in [0.25, 0.3) is 0 Å². The minimum absolute atomic E-state index is 0.000847. The lowest BCUT2D eigenvalue weighted by atomic mass is 10.2. The molecular weight excluding hydrogens is 338 g/mol. The fourth-order valence-electron chi connectivity index (χ4n) is 1.84. The summed E-state index contributed by atoms with van der Waals surface area (Å²) in [6.07, 6.45) is 0.620. The second-order valence-electron chi connectivity index (χ2n) is 4.40. The van der Waals surface area contributed by atoms with Crippen molar-refractivity contribution in [3.63, 3.8) is 0 Å². The van der Waals surface area contributed by atoms with Gasteiger partial charge in [0.2, 0.25) is 0 Å². The Hall–Kier alpha value is -1.40. The molecule has 1 rings (SSSR count). The molecule has 1 aromatic carbocycles. The van der Waals surface area contributed by atoms with Crippen molar-refractivity contribution >= 4 is 27.8 Å². The Morgan fingerprint density at radius 3 is 2.62 bits per heavy atom. The molecule has 116 valence electrons. The standard InChI is InChI=1S/C15H20BrNO4/c1-2-21-14(19)8-10-17(9-5-11-18)15(20)12-6-3-4-7-13(12)16/h3-4,6-7,18H,2,5,8-11H2,1H3. The van der Waals surface area contributed by atoms with Crippen LogP contribution in [0.4, 0.5) is 0 Å². The summed E-state index contributed by atoms with van der Waals surface area (Å²) in [4.78, 5) is 25.5. The molecule has 0 aliphatic carbocycles. The van der Waals surface area contributed by atoms with Crippen LogP contribution in [0.3, 0.4) is 0 Å². The Labute approximate surface area is 133 Å². The monoisotopic (exact) mass is 357 g/mol. The molecule has 0 saturated carbocycles.